The molecule has 1 saturated heterocycles. The van der Waals surface area contributed by atoms with Gasteiger partial charge in [0.15, 0.2) is 0 Å². The van der Waals surface area contributed by atoms with Crippen LogP contribution >= 0.6 is 0 Å². The van der Waals surface area contributed by atoms with Gasteiger partial charge >= 0.3 is 0 Å². The van der Waals surface area contributed by atoms with Crippen LogP contribution in [0.2, 0.25) is 0 Å². The summed E-state index contributed by atoms with van der Waals surface area (Å²) < 4.78 is 28.4. The Labute approximate surface area is 179 Å². The van der Waals surface area contributed by atoms with Crippen molar-refractivity contribution in [3.8, 4) is 0 Å². The van der Waals surface area contributed by atoms with E-state index in [2.05, 4.69) is 12.2 Å². The summed E-state index contributed by atoms with van der Waals surface area (Å²) >= 11 is 0. The summed E-state index contributed by atoms with van der Waals surface area (Å²) in [7, 11) is -3.72. The molecule has 0 saturated carbocycles. The summed E-state index contributed by atoms with van der Waals surface area (Å²) in [4.78, 5) is 13.3. The Morgan fingerprint density at radius 2 is 1.73 bits per heavy atom. The fraction of sp³-hybridized carbons (Fsp3) is 0.458. The summed E-state index contributed by atoms with van der Waals surface area (Å²) in [5, 5.41) is 2.92. The van der Waals surface area contributed by atoms with Crippen molar-refractivity contribution in [2.24, 2.45) is 0 Å². The lowest BCUT2D eigenvalue weighted by Crippen LogP contribution is -2.49. The Balaban J connectivity index is 1.56. The fourth-order valence-corrected chi connectivity index (χ4v) is 6.22. The van der Waals surface area contributed by atoms with Crippen molar-refractivity contribution < 1.29 is 13.2 Å². The highest BCUT2D eigenvalue weighted by atomic mass is 32.2. The molecule has 6 heteroatoms. The van der Waals surface area contributed by atoms with Gasteiger partial charge in [-0.2, -0.15) is 4.31 Å². The van der Waals surface area contributed by atoms with Crippen molar-refractivity contribution in [2.45, 2.75) is 69.2 Å². The van der Waals surface area contributed by atoms with Crippen molar-refractivity contribution in [1.82, 2.24) is 4.31 Å². The van der Waals surface area contributed by atoms with Crippen molar-refractivity contribution in [2.75, 3.05) is 11.9 Å². The number of benzene rings is 2. The van der Waals surface area contributed by atoms with Gasteiger partial charge in [-0.1, -0.05) is 31.5 Å². The lowest BCUT2D eigenvalue weighted by molar-refractivity contribution is -0.120. The molecule has 2 aromatic rings. The van der Waals surface area contributed by atoms with E-state index in [1.165, 1.54) is 15.4 Å². The van der Waals surface area contributed by atoms with Crippen LogP contribution in [0, 0.1) is 0 Å². The van der Waals surface area contributed by atoms with Crippen LogP contribution in [0.15, 0.2) is 47.4 Å². The molecule has 0 radical (unpaired) electrons. The fourth-order valence-electron chi connectivity index (χ4n) is 4.51. The normalized spacial score (nSPS) is 19.8. The molecule has 2 aromatic carbocycles. The monoisotopic (exact) mass is 426 g/mol. The minimum absolute atomic E-state index is 0.250. The van der Waals surface area contributed by atoms with E-state index in [1.54, 1.807) is 6.07 Å². The molecule has 30 heavy (non-hydrogen) atoms. The van der Waals surface area contributed by atoms with Gasteiger partial charge in [0.25, 0.3) is 0 Å². The number of fused-ring (bicyclic) bond motifs is 1. The van der Waals surface area contributed by atoms with Crippen molar-refractivity contribution in [3.05, 3.63) is 59.2 Å². The molecule has 1 amide bonds. The molecule has 5 nitrogen and oxygen atoms in total. The number of nitrogens with zero attached hydrogens (tertiary/aromatic N) is 1. The second kappa shape index (κ2) is 8.90. The molecule has 1 heterocycles. The molecule has 0 unspecified atom stereocenters. The third-order valence-electron chi connectivity index (χ3n) is 6.31. The molecule has 1 fully saturated rings. The van der Waals surface area contributed by atoms with Gasteiger partial charge in [0, 0.05) is 12.2 Å². The topological polar surface area (TPSA) is 66.5 Å². The molecule has 1 aliphatic carbocycles. The molecule has 0 spiro atoms. The van der Waals surface area contributed by atoms with Gasteiger partial charge in [-0.05, 0) is 85.9 Å². The Kier molecular flexibility index (Phi) is 6.25. The molecule has 0 aromatic heterocycles. The molecule has 1 aliphatic heterocycles. The van der Waals surface area contributed by atoms with Gasteiger partial charge in [-0.25, -0.2) is 8.42 Å². The number of piperidine rings is 1. The van der Waals surface area contributed by atoms with Gasteiger partial charge < -0.3 is 5.32 Å². The number of aryl methyl sites for hydroxylation is 3. The van der Waals surface area contributed by atoms with E-state index in [0.29, 0.717) is 23.5 Å². The zero-order valence-electron chi connectivity index (χ0n) is 17.6. The van der Waals surface area contributed by atoms with Crippen LogP contribution in [-0.2, 0) is 34.1 Å². The van der Waals surface area contributed by atoms with Crippen LogP contribution in [0.25, 0.3) is 0 Å². The maximum Gasteiger partial charge on any atom is 0.243 e. The standard InChI is InChI=1S/C24H30N2O3S/c1-2-18-10-13-21(14-11-18)25-24(27)23-9-5-6-16-26(23)30(28,29)22-15-12-19-7-3-4-8-20(19)17-22/h10-15,17,23H,2-9,16H2,1H3,(H,25,27)/t23-/m0/s1. The van der Waals surface area contributed by atoms with Gasteiger partial charge in [0.1, 0.15) is 6.04 Å². The molecule has 1 atom stereocenters. The molecule has 1 N–H and O–H groups in total. The maximum absolute atomic E-state index is 13.5. The van der Waals surface area contributed by atoms with Gasteiger partial charge in [0.05, 0.1) is 4.90 Å². The first-order valence-electron chi connectivity index (χ1n) is 11.0. The third kappa shape index (κ3) is 4.30. The Morgan fingerprint density at radius 1 is 1.00 bits per heavy atom. The van der Waals surface area contributed by atoms with E-state index in [-0.39, 0.29) is 5.91 Å². The zero-order valence-corrected chi connectivity index (χ0v) is 18.4. The number of carbonyl (C=O) groups is 1. The number of nitrogens with one attached hydrogen (secondary N) is 1. The van der Waals surface area contributed by atoms with E-state index in [1.807, 2.05) is 36.4 Å². The first-order chi connectivity index (χ1) is 14.5. The summed E-state index contributed by atoms with van der Waals surface area (Å²) in [5.74, 6) is -0.250. The highest BCUT2D eigenvalue weighted by Gasteiger charge is 2.38. The van der Waals surface area contributed by atoms with Crippen LogP contribution in [0.1, 0.15) is 55.7 Å². The van der Waals surface area contributed by atoms with E-state index >= 15 is 0 Å². The highest BCUT2D eigenvalue weighted by Crippen LogP contribution is 2.29. The minimum Gasteiger partial charge on any atom is -0.325 e. The van der Waals surface area contributed by atoms with E-state index in [9.17, 15) is 13.2 Å². The SMILES string of the molecule is CCc1ccc(NC(=O)[C@@H]2CCCCN2S(=O)(=O)c2ccc3c(c2)CCCC3)cc1. The number of anilines is 1. The van der Waals surface area contributed by atoms with Gasteiger partial charge in [-0.15, -0.1) is 0 Å². The van der Waals surface area contributed by atoms with Crippen LogP contribution in [0.3, 0.4) is 0 Å². The Morgan fingerprint density at radius 3 is 2.47 bits per heavy atom. The smallest absolute Gasteiger partial charge is 0.243 e. The highest BCUT2D eigenvalue weighted by molar-refractivity contribution is 7.89. The summed E-state index contributed by atoms with van der Waals surface area (Å²) in [6.45, 7) is 2.46. The molecule has 2 aliphatic rings. The Bertz CT molecular complexity index is 1020. The number of amides is 1. The van der Waals surface area contributed by atoms with Crippen molar-refractivity contribution >= 4 is 21.6 Å². The summed E-state index contributed by atoms with van der Waals surface area (Å²) in [5.41, 5.74) is 4.29. The van der Waals surface area contributed by atoms with Crippen LogP contribution in [-0.4, -0.2) is 31.2 Å². The number of carbonyl (C=O) groups excluding carboxylic acids is 1. The molecular weight excluding hydrogens is 396 g/mol. The Hall–Kier alpha value is -2.18. The van der Waals surface area contributed by atoms with Gasteiger partial charge in [0.2, 0.25) is 15.9 Å². The second-order valence-corrected chi connectivity index (χ2v) is 10.2. The number of sulfonamides is 1. The maximum atomic E-state index is 13.5. The third-order valence-corrected chi connectivity index (χ3v) is 8.22. The van der Waals surface area contributed by atoms with Crippen molar-refractivity contribution in [1.29, 1.82) is 0 Å². The molecule has 4 rings (SSSR count). The zero-order chi connectivity index (χ0) is 21.1. The molecular formula is C24H30N2O3S. The first kappa shape index (κ1) is 21.1. The summed E-state index contributed by atoms with van der Waals surface area (Å²) in [6.07, 6.45) is 7.31. The predicted octanol–water partition coefficient (Wildman–Crippen LogP) is 4.31. The van der Waals surface area contributed by atoms with Crippen LogP contribution in [0.5, 0.6) is 0 Å². The number of rotatable bonds is 5. The van der Waals surface area contributed by atoms with Crippen molar-refractivity contribution in [3.63, 3.8) is 0 Å². The lowest BCUT2D eigenvalue weighted by atomic mass is 9.92. The minimum atomic E-state index is -3.72. The van der Waals surface area contributed by atoms with E-state index in [4.69, 9.17) is 0 Å². The average molecular weight is 427 g/mol. The average Bonchev–Trinajstić information content (AvgIpc) is 2.79. The largest absolute Gasteiger partial charge is 0.325 e. The lowest BCUT2D eigenvalue weighted by Gasteiger charge is -2.34. The quantitative estimate of drug-likeness (QED) is 0.775. The number of hydrogen-bond donors (Lipinski definition) is 1. The predicted molar refractivity (Wildman–Crippen MR) is 119 cm³/mol. The molecule has 0 bridgehead atoms. The van der Waals surface area contributed by atoms with E-state index in [0.717, 1.165) is 50.5 Å². The summed E-state index contributed by atoms with van der Waals surface area (Å²) in [6, 6.07) is 12.5. The van der Waals surface area contributed by atoms with Gasteiger partial charge in [-0.3, -0.25) is 4.79 Å². The second-order valence-electron chi connectivity index (χ2n) is 8.30. The van der Waals surface area contributed by atoms with E-state index < -0.39 is 16.1 Å². The molecule has 160 valence electrons. The van der Waals surface area contributed by atoms with Crippen LogP contribution in [0.4, 0.5) is 5.69 Å². The first-order valence-corrected chi connectivity index (χ1v) is 12.5. The van der Waals surface area contributed by atoms with Crippen LogP contribution < -0.4 is 5.32 Å². The number of hydrogen-bond acceptors (Lipinski definition) is 3.